The molecule has 0 aromatic heterocycles. The predicted octanol–water partition coefficient (Wildman–Crippen LogP) is 1.67. The number of carbonyl (C=O) groups excluding carboxylic acids is 1. The van der Waals surface area contributed by atoms with Crippen LogP contribution in [-0.4, -0.2) is 34.0 Å². The van der Waals surface area contributed by atoms with E-state index in [4.69, 9.17) is 18.0 Å². The van der Waals surface area contributed by atoms with Crippen LogP contribution in [0.3, 0.4) is 0 Å². The SMILES string of the molecule is CCN(CCC(N)=S)C(=O)c1c(O)cccc1F. The minimum absolute atomic E-state index is 0.291. The third-order valence-corrected chi connectivity index (χ3v) is 2.71. The topological polar surface area (TPSA) is 66.6 Å². The van der Waals surface area contributed by atoms with Crippen molar-refractivity contribution in [3.05, 3.63) is 29.6 Å². The van der Waals surface area contributed by atoms with Gasteiger partial charge in [0.25, 0.3) is 5.91 Å². The van der Waals surface area contributed by atoms with Crippen LogP contribution in [0.25, 0.3) is 0 Å². The van der Waals surface area contributed by atoms with Crippen molar-refractivity contribution in [3.8, 4) is 5.75 Å². The summed E-state index contributed by atoms with van der Waals surface area (Å²) in [6.07, 6.45) is 0.365. The fourth-order valence-corrected chi connectivity index (χ4v) is 1.62. The highest BCUT2D eigenvalue weighted by Crippen LogP contribution is 2.21. The lowest BCUT2D eigenvalue weighted by Crippen LogP contribution is -2.34. The Kier molecular flexibility index (Phi) is 5.03. The monoisotopic (exact) mass is 270 g/mol. The zero-order chi connectivity index (χ0) is 13.7. The summed E-state index contributed by atoms with van der Waals surface area (Å²) >= 11 is 4.73. The van der Waals surface area contributed by atoms with Gasteiger partial charge in [-0.2, -0.15) is 0 Å². The number of halogens is 1. The molecule has 1 amide bonds. The number of benzene rings is 1. The normalized spacial score (nSPS) is 10.1. The van der Waals surface area contributed by atoms with Gasteiger partial charge in [0.05, 0.1) is 4.99 Å². The Morgan fingerprint density at radius 3 is 2.72 bits per heavy atom. The number of aromatic hydroxyl groups is 1. The lowest BCUT2D eigenvalue weighted by Gasteiger charge is -2.21. The lowest BCUT2D eigenvalue weighted by atomic mass is 10.1. The standard InChI is InChI=1S/C12H15FN2O2S/c1-2-15(7-6-10(14)18)12(17)11-8(13)4-3-5-9(11)16/h3-5,16H,2,6-7H2,1H3,(H2,14,18). The molecule has 0 saturated heterocycles. The first-order chi connectivity index (χ1) is 8.47. The van der Waals surface area contributed by atoms with Crippen LogP contribution in [0.4, 0.5) is 4.39 Å². The van der Waals surface area contributed by atoms with Gasteiger partial charge in [-0.15, -0.1) is 0 Å². The molecule has 0 aliphatic carbocycles. The molecule has 4 nitrogen and oxygen atoms in total. The lowest BCUT2D eigenvalue weighted by molar-refractivity contribution is 0.0761. The number of hydrogen-bond donors (Lipinski definition) is 2. The largest absolute Gasteiger partial charge is 0.507 e. The maximum Gasteiger partial charge on any atom is 0.260 e. The van der Waals surface area contributed by atoms with Crippen LogP contribution < -0.4 is 5.73 Å². The number of amides is 1. The molecule has 0 heterocycles. The van der Waals surface area contributed by atoms with Crippen molar-refractivity contribution >= 4 is 23.1 Å². The summed E-state index contributed by atoms with van der Waals surface area (Å²) in [6.45, 7) is 2.45. The number of carbonyl (C=O) groups is 1. The number of phenolic OH excluding ortho intramolecular Hbond substituents is 1. The van der Waals surface area contributed by atoms with Gasteiger partial charge in [0, 0.05) is 19.5 Å². The summed E-state index contributed by atoms with van der Waals surface area (Å²) in [7, 11) is 0. The molecular weight excluding hydrogens is 255 g/mol. The molecule has 1 aromatic carbocycles. The van der Waals surface area contributed by atoms with Crippen LogP contribution in [0.5, 0.6) is 5.75 Å². The molecule has 98 valence electrons. The van der Waals surface area contributed by atoms with Crippen LogP contribution >= 0.6 is 12.2 Å². The smallest absolute Gasteiger partial charge is 0.260 e. The van der Waals surface area contributed by atoms with E-state index in [2.05, 4.69) is 0 Å². The number of thiocarbonyl (C=S) groups is 1. The van der Waals surface area contributed by atoms with E-state index in [-0.39, 0.29) is 11.3 Å². The Balaban J connectivity index is 2.93. The summed E-state index contributed by atoms with van der Waals surface area (Å²) < 4.78 is 13.5. The van der Waals surface area contributed by atoms with Gasteiger partial charge in [-0.25, -0.2) is 4.39 Å². The first kappa shape index (κ1) is 14.4. The van der Waals surface area contributed by atoms with Gasteiger partial charge in [-0.3, -0.25) is 4.79 Å². The number of nitrogens with zero attached hydrogens (tertiary/aromatic N) is 1. The van der Waals surface area contributed by atoms with Gasteiger partial charge >= 0.3 is 0 Å². The third kappa shape index (κ3) is 3.40. The van der Waals surface area contributed by atoms with E-state index in [0.717, 1.165) is 6.07 Å². The fourth-order valence-electron chi connectivity index (χ4n) is 1.53. The van der Waals surface area contributed by atoms with E-state index >= 15 is 0 Å². The molecule has 0 unspecified atom stereocenters. The summed E-state index contributed by atoms with van der Waals surface area (Å²) in [5, 5.41) is 9.55. The molecule has 0 atom stereocenters. The Labute approximate surface area is 110 Å². The molecular formula is C12H15FN2O2S. The second-order valence-electron chi connectivity index (χ2n) is 3.74. The third-order valence-electron chi connectivity index (χ3n) is 2.50. The molecule has 0 radical (unpaired) electrons. The summed E-state index contributed by atoms with van der Waals surface area (Å²) in [4.78, 5) is 13.7. The van der Waals surface area contributed by atoms with Crippen LogP contribution in [0.1, 0.15) is 23.7 Å². The molecule has 0 fully saturated rings. The van der Waals surface area contributed by atoms with Crippen LogP contribution in [-0.2, 0) is 0 Å². The average Bonchev–Trinajstić information content (AvgIpc) is 2.29. The van der Waals surface area contributed by atoms with Gasteiger partial charge in [-0.05, 0) is 19.1 Å². The van der Waals surface area contributed by atoms with Crippen LogP contribution in [0, 0.1) is 5.82 Å². The Hall–Kier alpha value is -1.69. The maximum atomic E-state index is 13.5. The number of rotatable bonds is 5. The molecule has 6 heteroatoms. The van der Waals surface area contributed by atoms with Gasteiger partial charge in [0.1, 0.15) is 17.1 Å². The molecule has 3 N–H and O–H groups in total. The van der Waals surface area contributed by atoms with Crippen molar-refractivity contribution in [3.63, 3.8) is 0 Å². The predicted molar refractivity (Wildman–Crippen MR) is 71.0 cm³/mol. The number of nitrogens with two attached hydrogens (primary N) is 1. The zero-order valence-corrected chi connectivity index (χ0v) is 10.8. The first-order valence-electron chi connectivity index (χ1n) is 5.52. The molecule has 18 heavy (non-hydrogen) atoms. The molecule has 1 rings (SSSR count). The quantitative estimate of drug-likeness (QED) is 0.799. The van der Waals surface area contributed by atoms with E-state index in [1.165, 1.54) is 17.0 Å². The van der Waals surface area contributed by atoms with Crippen molar-refractivity contribution in [2.24, 2.45) is 5.73 Å². The summed E-state index contributed by atoms with van der Waals surface area (Å²) in [5.41, 5.74) is 5.05. The van der Waals surface area contributed by atoms with Crippen molar-refractivity contribution in [1.29, 1.82) is 0 Å². The van der Waals surface area contributed by atoms with Gasteiger partial charge in [0.2, 0.25) is 0 Å². The highest BCUT2D eigenvalue weighted by Gasteiger charge is 2.21. The minimum atomic E-state index is -0.742. The Morgan fingerprint density at radius 2 is 2.22 bits per heavy atom. The molecule has 0 spiro atoms. The van der Waals surface area contributed by atoms with Gasteiger partial charge in [-0.1, -0.05) is 18.3 Å². The Bertz CT molecular complexity index is 445. The molecule has 0 aliphatic rings. The molecule has 0 saturated carbocycles. The summed E-state index contributed by atoms with van der Waals surface area (Å²) in [6, 6.07) is 3.75. The Morgan fingerprint density at radius 1 is 1.56 bits per heavy atom. The highest BCUT2D eigenvalue weighted by molar-refractivity contribution is 7.80. The maximum absolute atomic E-state index is 13.5. The van der Waals surface area contributed by atoms with E-state index < -0.39 is 11.7 Å². The number of hydrogen-bond acceptors (Lipinski definition) is 3. The summed E-state index contributed by atoms with van der Waals surface area (Å²) in [5.74, 6) is -1.67. The van der Waals surface area contributed by atoms with Gasteiger partial charge in [0.15, 0.2) is 0 Å². The highest BCUT2D eigenvalue weighted by atomic mass is 32.1. The molecule has 0 bridgehead atoms. The minimum Gasteiger partial charge on any atom is -0.507 e. The van der Waals surface area contributed by atoms with Crippen LogP contribution in [0.15, 0.2) is 18.2 Å². The second-order valence-corrected chi connectivity index (χ2v) is 4.26. The zero-order valence-electron chi connectivity index (χ0n) is 10.0. The molecule has 0 aliphatic heterocycles. The van der Waals surface area contributed by atoms with E-state index in [0.29, 0.717) is 24.5 Å². The molecule has 1 aromatic rings. The van der Waals surface area contributed by atoms with Crippen molar-refractivity contribution < 1.29 is 14.3 Å². The van der Waals surface area contributed by atoms with E-state index in [1.54, 1.807) is 6.92 Å². The van der Waals surface area contributed by atoms with Gasteiger partial charge < -0.3 is 15.7 Å². The van der Waals surface area contributed by atoms with Crippen molar-refractivity contribution in [1.82, 2.24) is 4.90 Å². The van der Waals surface area contributed by atoms with E-state index in [1.807, 2.05) is 0 Å². The average molecular weight is 270 g/mol. The van der Waals surface area contributed by atoms with Crippen molar-refractivity contribution in [2.45, 2.75) is 13.3 Å². The second kappa shape index (κ2) is 6.30. The van der Waals surface area contributed by atoms with Crippen LogP contribution in [0.2, 0.25) is 0 Å². The fraction of sp³-hybridized carbons (Fsp3) is 0.333. The van der Waals surface area contributed by atoms with E-state index in [9.17, 15) is 14.3 Å². The first-order valence-corrected chi connectivity index (χ1v) is 5.93. The van der Waals surface area contributed by atoms with Crippen molar-refractivity contribution in [2.75, 3.05) is 13.1 Å². The number of phenols is 1.